The number of thiol groups is 1. The van der Waals surface area contributed by atoms with Gasteiger partial charge in [-0.25, -0.2) is 4.79 Å². The number of carbonyl (C=O) groups excluding carboxylic acids is 7. The van der Waals surface area contributed by atoms with E-state index < -0.39 is 114 Å². The van der Waals surface area contributed by atoms with Gasteiger partial charge in [0.25, 0.3) is 0 Å². The maximum atomic E-state index is 13.7. The highest BCUT2D eigenvalue weighted by atomic mass is 32.1. The van der Waals surface area contributed by atoms with Crippen molar-refractivity contribution in [1.29, 1.82) is 0 Å². The van der Waals surface area contributed by atoms with Crippen LogP contribution in [0.15, 0.2) is 0 Å². The molecular weight excluding hydrogens is 749 g/mol. The van der Waals surface area contributed by atoms with Gasteiger partial charge in [-0.05, 0) is 49.9 Å². The van der Waals surface area contributed by atoms with Crippen LogP contribution >= 0.6 is 12.6 Å². The van der Waals surface area contributed by atoms with Crippen molar-refractivity contribution in [3.05, 3.63) is 0 Å². The maximum absolute atomic E-state index is 13.7. The Bertz CT molecular complexity index is 1380. The summed E-state index contributed by atoms with van der Waals surface area (Å²) in [5, 5.41) is 34.8. The molecule has 56 heavy (non-hydrogen) atoms. The molecule has 0 aromatic heterocycles. The summed E-state index contributed by atoms with van der Waals surface area (Å²) in [5.41, 5.74) is 5.70. The van der Waals surface area contributed by atoms with E-state index in [2.05, 4.69) is 44.5 Å². The third-order valence-corrected chi connectivity index (χ3v) is 10.4. The van der Waals surface area contributed by atoms with Crippen LogP contribution in [0.2, 0.25) is 0 Å². The summed E-state index contributed by atoms with van der Waals surface area (Å²) in [4.78, 5) is 106. The second kappa shape index (κ2) is 23.9. The molecule has 1 aliphatic heterocycles. The second-order valence-corrected chi connectivity index (χ2v) is 15.8. The molecule has 1 rings (SSSR count). The minimum absolute atomic E-state index is 0.0232. The lowest BCUT2D eigenvalue weighted by Gasteiger charge is -2.31. The average Bonchev–Trinajstić information content (AvgIpc) is 3.64. The molecule has 19 heteroatoms. The number of hydrogen-bond acceptors (Lipinski definition) is 11. The zero-order valence-corrected chi connectivity index (χ0v) is 35.1. The number of carboxylic acids is 1. The summed E-state index contributed by atoms with van der Waals surface area (Å²) in [6, 6.07) is -7.83. The van der Waals surface area contributed by atoms with Gasteiger partial charge in [-0.1, -0.05) is 68.2 Å². The lowest BCUT2D eigenvalue weighted by Crippen LogP contribution is -2.61. The van der Waals surface area contributed by atoms with Gasteiger partial charge in [0.1, 0.15) is 42.3 Å². The zero-order valence-electron chi connectivity index (χ0n) is 34.2. The smallest absolute Gasteiger partial charge is 0.326 e. The fraction of sp³-hybridized carbons (Fsp3) is 0.784. The fourth-order valence-electron chi connectivity index (χ4n) is 6.07. The van der Waals surface area contributed by atoms with E-state index in [1.807, 2.05) is 27.7 Å². The van der Waals surface area contributed by atoms with Crippen molar-refractivity contribution in [3.63, 3.8) is 0 Å². The number of aliphatic hydroxyl groups excluding tert-OH is 1. The number of nitrogens with two attached hydrogens (primary N) is 1. The van der Waals surface area contributed by atoms with E-state index in [1.54, 1.807) is 27.7 Å². The van der Waals surface area contributed by atoms with E-state index >= 15 is 0 Å². The summed E-state index contributed by atoms with van der Waals surface area (Å²) in [7, 11) is 0. The van der Waals surface area contributed by atoms with Gasteiger partial charge in [-0.15, -0.1) is 0 Å². The predicted octanol–water partition coefficient (Wildman–Crippen LogP) is -0.966. The molecule has 7 amide bonds. The van der Waals surface area contributed by atoms with Gasteiger partial charge in [-0.2, -0.15) is 12.6 Å². The first-order valence-electron chi connectivity index (χ1n) is 19.5. The summed E-state index contributed by atoms with van der Waals surface area (Å²) < 4.78 is 0. The third kappa shape index (κ3) is 15.2. The van der Waals surface area contributed by atoms with Crippen LogP contribution in [0.3, 0.4) is 0 Å². The van der Waals surface area contributed by atoms with Crippen LogP contribution in [0.25, 0.3) is 0 Å². The standard InChI is InChI=1S/C37H66N8O10S/c1-10-20(7)29(42-26(47)16-39-31(48)23(15-18(3)4)40-33(50)27(38)22(9)46)35(52)43-28(19(5)6)34(51)41-24(17-56)36(53)45-14-12-13-25(45)32(49)44-30(37(54)55)21(8)11-2/h18-25,27-30,46,56H,10-17,38H2,1-9H3,(H,39,48)(H,40,50)(H,41,51)(H,42,47)(H,43,52)(H,44,49)(H,54,55)/t20-,21-,22+,23-,24-,25-,27-,28-,29-,30-/m0/s1. The number of nitrogens with zero attached hydrogens (tertiary/aromatic N) is 1. The van der Waals surface area contributed by atoms with Gasteiger partial charge in [0.05, 0.1) is 12.6 Å². The fourth-order valence-corrected chi connectivity index (χ4v) is 6.32. The molecule has 10 N–H and O–H groups in total. The Kier molecular flexibility index (Phi) is 21.4. The molecule has 1 aliphatic rings. The summed E-state index contributed by atoms with van der Waals surface area (Å²) in [5.74, 6) is -7.22. The van der Waals surface area contributed by atoms with Crippen molar-refractivity contribution >= 4 is 59.9 Å². The molecule has 320 valence electrons. The summed E-state index contributed by atoms with van der Waals surface area (Å²) in [6.45, 7) is 15.1. The van der Waals surface area contributed by atoms with Crippen LogP contribution < -0.4 is 37.6 Å². The molecule has 0 saturated carbocycles. The topological polar surface area (TPSA) is 278 Å². The number of rotatable bonds is 23. The SMILES string of the molecule is CC[C@H](C)[C@H](NC(=O)[C@@H]1CCCN1C(=O)[C@H](CS)NC(=O)[C@@H](NC(=O)[C@@H](NC(=O)CNC(=O)[C@H](CC(C)C)NC(=O)[C@@H](N)[C@@H](C)O)[C@@H](C)CC)C(C)C)C(=O)O. The normalized spacial score (nSPS) is 19.0. The number of aliphatic hydroxyl groups is 1. The first kappa shape index (κ1) is 50.0. The van der Waals surface area contributed by atoms with E-state index in [0.717, 1.165) is 0 Å². The highest BCUT2D eigenvalue weighted by Gasteiger charge is 2.40. The lowest BCUT2D eigenvalue weighted by molar-refractivity contribution is -0.146. The Morgan fingerprint density at radius 1 is 0.750 bits per heavy atom. The quantitative estimate of drug-likeness (QED) is 0.0561. The molecule has 1 saturated heterocycles. The van der Waals surface area contributed by atoms with E-state index in [4.69, 9.17) is 5.73 Å². The number of hydrogen-bond donors (Lipinski definition) is 10. The predicted molar refractivity (Wildman–Crippen MR) is 212 cm³/mol. The first-order chi connectivity index (χ1) is 26.1. The Balaban J connectivity index is 3.05. The van der Waals surface area contributed by atoms with E-state index in [-0.39, 0.29) is 30.6 Å². The second-order valence-electron chi connectivity index (χ2n) is 15.5. The largest absolute Gasteiger partial charge is 0.480 e. The van der Waals surface area contributed by atoms with Gasteiger partial charge in [0, 0.05) is 12.3 Å². The number of carbonyl (C=O) groups is 8. The molecule has 0 aliphatic carbocycles. The van der Waals surface area contributed by atoms with Crippen molar-refractivity contribution < 1.29 is 48.6 Å². The summed E-state index contributed by atoms with van der Waals surface area (Å²) in [6.07, 6.45) is 0.838. The van der Waals surface area contributed by atoms with Crippen molar-refractivity contribution in [3.8, 4) is 0 Å². The Hall–Kier alpha value is -3.97. The van der Waals surface area contributed by atoms with Crippen molar-refractivity contribution in [2.24, 2.45) is 29.4 Å². The van der Waals surface area contributed by atoms with Crippen molar-refractivity contribution in [2.45, 2.75) is 143 Å². The highest BCUT2D eigenvalue weighted by Crippen LogP contribution is 2.20. The third-order valence-electron chi connectivity index (χ3n) is 10.1. The Labute approximate surface area is 335 Å². The van der Waals surface area contributed by atoms with Gasteiger partial charge in [0.2, 0.25) is 41.4 Å². The minimum atomic E-state index is -1.26. The number of aliphatic carboxylic acids is 1. The van der Waals surface area contributed by atoms with E-state index in [1.165, 1.54) is 11.8 Å². The Morgan fingerprint density at radius 2 is 1.30 bits per heavy atom. The molecule has 0 aromatic carbocycles. The average molecular weight is 815 g/mol. The molecule has 1 fully saturated rings. The Morgan fingerprint density at radius 3 is 1.80 bits per heavy atom. The molecule has 0 unspecified atom stereocenters. The van der Waals surface area contributed by atoms with Crippen LogP contribution in [0.1, 0.15) is 94.4 Å². The van der Waals surface area contributed by atoms with Crippen LogP contribution in [-0.4, -0.2) is 130 Å². The molecule has 0 bridgehead atoms. The van der Waals surface area contributed by atoms with Gasteiger partial charge in [-0.3, -0.25) is 33.6 Å². The molecule has 18 nitrogen and oxygen atoms in total. The van der Waals surface area contributed by atoms with Gasteiger partial charge in [0.15, 0.2) is 0 Å². The molecule has 10 atom stereocenters. The number of amides is 7. The maximum Gasteiger partial charge on any atom is 0.326 e. The van der Waals surface area contributed by atoms with Gasteiger partial charge >= 0.3 is 5.97 Å². The van der Waals surface area contributed by atoms with Gasteiger partial charge < -0.3 is 52.7 Å². The van der Waals surface area contributed by atoms with Crippen molar-refractivity contribution in [2.75, 3.05) is 18.8 Å². The first-order valence-corrected chi connectivity index (χ1v) is 20.1. The summed E-state index contributed by atoms with van der Waals surface area (Å²) >= 11 is 4.28. The van der Waals surface area contributed by atoms with Crippen LogP contribution in [0.5, 0.6) is 0 Å². The van der Waals surface area contributed by atoms with E-state index in [0.29, 0.717) is 25.7 Å². The van der Waals surface area contributed by atoms with E-state index in [9.17, 15) is 48.6 Å². The van der Waals surface area contributed by atoms with Crippen molar-refractivity contribution in [1.82, 2.24) is 36.8 Å². The molecule has 0 radical (unpaired) electrons. The minimum Gasteiger partial charge on any atom is -0.480 e. The molecular formula is C37H66N8O10S. The molecule has 0 aromatic rings. The van der Waals surface area contributed by atoms with Crippen LogP contribution in [-0.2, 0) is 38.4 Å². The number of carboxylic acid groups (broad SMARTS) is 1. The highest BCUT2D eigenvalue weighted by molar-refractivity contribution is 7.80. The lowest BCUT2D eigenvalue weighted by atomic mass is 9.96. The van der Waals surface area contributed by atoms with Crippen LogP contribution in [0, 0.1) is 23.7 Å². The monoisotopic (exact) mass is 814 g/mol. The van der Waals surface area contributed by atoms with Crippen LogP contribution in [0.4, 0.5) is 0 Å². The zero-order chi connectivity index (χ0) is 43.0. The number of nitrogens with one attached hydrogen (secondary N) is 6. The number of likely N-dealkylation sites (tertiary alicyclic amines) is 1. The molecule has 1 heterocycles. The molecule has 0 spiro atoms.